The van der Waals surface area contributed by atoms with Gasteiger partial charge in [-0.05, 0) is 56.8 Å². The van der Waals surface area contributed by atoms with Crippen LogP contribution in [0.15, 0.2) is 29.3 Å². The summed E-state index contributed by atoms with van der Waals surface area (Å²) in [6, 6.07) is 8.54. The first-order valence-electron chi connectivity index (χ1n) is 11.2. The number of guanidine groups is 1. The number of hydrogen-bond donors (Lipinski definition) is 1. The van der Waals surface area contributed by atoms with Crippen LogP contribution in [0.5, 0.6) is 0 Å². The first kappa shape index (κ1) is 20.6. The molecule has 3 saturated heterocycles. The monoisotopic (exact) mass is 400 g/mol. The summed E-state index contributed by atoms with van der Waals surface area (Å²) in [4.78, 5) is 9.69. The van der Waals surface area contributed by atoms with Crippen molar-refractivity contribution in [1.29, 1.82) is 0 Å². The van der Waals surface area contributed by atoms with E-state index in [1.165, 1.54) is 37.1 Å². The molecule has 3 aliphatic rings. The number of aliphatic imine (C=N–C) groups is 1. The zero-order valence-corrected chi connectivity index (χ0v) is 18.0. The lowest BCUT2D eigenvalue weighted by atomic mass is 9.88. The second-order valence-corrected chi connectivity index (χ2v) is 8.59. The summed E-state index contributed by atoms with van der Waals surface area (Å²) >= 11 is 0. The fourth-order valence-electron chi connectivity index (χ4n) is 5.10. The van der Waals surface area contributed by atoms with E-state index < -0.39 is 0 Å². The standard InChI is InChI=1S/C23H36N4O2/c1-19-7-3-4-8-20(19)21-17-26(13-16-29-21)22(24-2)25-18-23(9-14-28-15-10-23)27-11-5-6-12-27/h3-4,7-8,21H,5-6,9-18H2,1-2H3,(H,24,25). The van der Waals surface area contributed by atoms with Gasteiger partial charge in [0.2, 0.25) is 0 Å². The molecule has 0 saturated carbocycles. The summed E-state index contributed by atoms with van der Waals surface area (Å²) in [5, 5.41) is 3.74. The molecular weight excluding hydrogens is 364 g/mol. The summed E-state index contributed by atoms with van der Waals surface area (Å²) in [5.41, 5.74) is 2.77. The van der Waals surface area contributed by atoms with Crippen molar-refractivity contribution in [2.45, 2.75) is 44.2 Å². The van der Waals surface area contributed by atoms with Gasteiger partial charge in [0.05, 0.1) is 13.2 Å². The van der Waals surface area contributed by atoms with Gasteiger partial charge in [0.25, 0.3) is 0 Å². The van der Waals surface area contributed by atoms with Crippen LogP contribution in [0.2, 0.25) is 0 Å². The van der Waals surface area contributed by atoms with Gasteiger partial charge in [0.15, 0.2) is 5.96 Å². The second kappa shape index (κ2) is 9.45. The third-order valence-electron chi connectivity index (χ3n) is 6.89. The summed E-state index contributed by atoms with van der Waals surface area (Å²) in [6.07, 6.45) is 4.94. The highest BCUT2D eigenvalue weighted by molar-refractivity contribution is 5.80. The molecule has 0 aliphatic carbocycles. The number of benzene rings is 1. The van der Waals surface area contributed by atoms with Gasteiger partial charge in [0, 0.05) is 38.9 Å². The van der Waals surface area contributed by atoms with Gasteiger partial charge in [-0.3, -0.25) is 9.89 Å². The zero-order chi connectivity index (χ0) is 20.1. The van der Waals surface area contributed by atoms with Crippen LogP contribution in [0.4, 0.5) is 0 Å². The third-order valence-corrected chi connectivity index (χ3v) is 6.89. The molecule has 6 nitrogen and oxygen atoms in total. The average molecular weight is 401 g/mol. The molecule has 1 N–H and O–H groups in total. The normalized spacial score (nSPS) is 25.9. The minimum Gasteiger partial charge on any atom is -0.381 e. The van der Waals surface area contributed by atoms with Gasteiger partial charge in [-0.15, -0.1) is 0 Å². The van der Waals surface area contributed by atoms with Crippen molar-refractivity contribution in [2.75, 3.05) is 59.6 Å². The Labute approximate surface area is 175 Å². The summed E-state index contributed by atoms with van der Waals surface area (Å²) in [7, 11) is 1.90. The topological polar surface area (TPSA) is 49.3 Å². The molecule has 0 bridgehead atoms. The van der Waals surface area contributed by atoms with Crippen molar-refractivity contribution in [1.82, 2.24) is 15.1 Å². The molecule has 6 heteroatoms. The quantitative estimate of drug-likeness (QED) is 0.622. The minimum absolute atomic E-state index is 0.0964. The SMILES string of the molecule is CN=C(NCC1(N2CCCC2)CCOCC1)N1CCOC(c2ccccc2C)C1. The molecule has 1 aromatic rings. The highest BCUT2D eigenvalue weighted by atomic mass is 16.5. The maximum absolute atomic E-state index is 6.12. The third kappa shape index (κ3) is 4.60. The molecule has 0 spiro atoms. The van der Waals surface area contributed by atoms with Crippen molar-refractivity contribution in [2.24, 2.45) is 4.99 Å². The van der Waals surface area contributed by atoms with Crippen LogP contribution in [-0.4, -0.2) is 80.9 Å². The number of morpholine rings is 1. The van der Waals surface area contributed by atoms with Crippen molar-refractivity contribution in [3.63, 3.8) is 0 Å². The number of aryl methyl sites for hydroxylation is 1. The average Bonchev–Trinajstić information content (AvgIpc) is 3.31. The number of ether oxygens (including phenoxy) is 2. The van der Waals surface area contributed by atoms with Crippen LogP contribution >= 0.6 is 0 Å². The number of nitrogens with zero attached hydrogens (tertiary/aromatic N) is 3. The molecule has 0 radical (unpaired) electrons. The van der Waals surface area contributed by atoms with Gasteiger partial charge >= 0.3 is 0 Å². The van der Waals surface area contributed by atoms with Crippen LogP contribution < -0.4 is 5.32 Å². The Morgan fingerprint density at radius 3 is 2.62 bits per heavy atom. The predicted molar refractivity (Wildman–Crippen MR) is 116 cm³/mol. The maximum atomic E-state index is 6.12. The van der Waals surface area contributed by atoms with Crippen LogP contribution in [0.25, 0.3) is 0 Å². The van der Waals surface area contributed by atoms with Crippen molar-refractivity contribution in [3.05, 3.63) is 35.4 Å². The van der Waals surface area contributed by atoms with Gasteiger partial charge in [-0.2, -0.15) is 0 Å². The van der Waals surface area contributed by atoms with E-state index in [4.69, 9.17) is 9.47 Å². The molecule has 29 heavy (non-hydrogen) atoms. The zero-order valence-electron chi connectivity index (χ0n) is 18.0. The van der Waals surface area contributed by atoms with E-state index in [1.807, 2.05) is 7.05 Å². The smallest absolute Gasteiger partial charge is 0.193 e. The Morgan fingerprint density at radius 1 is 1.14 bits per heavy atom. The predicted octanol–water partition coefficient (Wildman–Crippen LogP) is 2.59. The van der Waals surface area contributed by atoms with E-state index in [9.17, 15) is 0 Å². The molecule has 4 rings (SSSR count). The lowest BCUT2D eigenvalue weighted by Gasteiger charge is -2.45. The molecule has 1 aromatic carbocycles. The van der Waals surface area contributed by atoms with Crippen molar-refractivity contribution < 1.29 is 9.47 Å². The van der Waals surface area contributed by atoms with Crippen molar-refractivity contribution in [3.8, 4) is 0 Å². The molecule has 1 atom stereocenters. The summed E-state index contributed by atoms with van der Waals surface area (Å²) in [5.74, 6) is 0.997. The van der Waals surface area contributed by atoms with Crippen LogP contribution in [0.3, 0.4) is 0 Å². The Morgan fingerprint density at radius 2 is 1.90 bits per heavy atom. The second-order valence-electron chi connectivity index (χ2n) is 8.59. The number of likely N-dealkylation sites (tertiary alicyclic amines) is 1. The van der Waals surface area contributed by atoms with E-state index in [2.05, 4.69) is 51.3 Å². The van der Waals surface area contributed by atoms with Gasteiger partial charge in [-0.1, -0.05) is 24.3 Å². The summed E-state index contributed by atoms with van der Waals surface area (Å²) in [6.45, 7) is 9.70. The fourth-order valence-corrected chi connectivity index (χ4v) is 5.10. The Hall–Kier alpha value is -1.63. The number of nitrogens with one attached hydrogen (secondary N) is 1. The summed E-state index contributed by atoms with van der Waals surface area (Å²) < 4.78 is 11.8. The van der Waals surface area contributed by atoms with Crippen LogP contribution in [0, 0.1) is 6.92 Å². The number of hydrogen-bond acceptors (Lipinski definition) is 4. The molecule has 3 heterocycles. The lowest BCUT2D eigenvalue weighted by molar-refractivity contribution is -0.0193. The van der Waals surface area contributed by atoms with Crippen LogP contribution in [-0.2, 0) is 9.47 Å². The van der Waals surface area contributed by atoms with Gasteiger partial charge in [-0.25, -0.2) is 0 Å². The van der Waals surface area contributed by atoms with E-state index in [0.717, 1.165) is 58.3 Å². The molecule has 3 aliphatic heterocycles. The van der Waals surface area contributed by atoms with E-state index in [-0.39, 0.29) is 11.6 Å². The molecule has 1 unspecified atom stereocenters. The van der Waals surface area contributed by atoms with Gasteiger partial charge < -0.3 is 19.7 Å². The maximum Gasteiger partial charge on any atom is 0.193 e. The van der Waals surface area contributed by atoms with Crippen molar-refractivity contribution >= 4 is 5.96 Å². The molecule has 0 amide bonds. The van der Waals surface area contributed by atoms with Crippen LogP contribution in [0.1, 0.15) is 42.9 Å². The molecule has 3 fully saturated rings. The molecule has 0 aromatic heterocycles. The Balaban J connectivity index is 1.42. The first-order chi connectivity index (χ1) is 14.2. The largest absolute Gasteiger partial charge is 0.381 e. The molecular formula is C23H36N4O2. The Kier molecular flexibility index (Phi) is 6.73. The van der Waals surface area contributed by atoms with E-state index in [0.29, 0.717) is 0 Å². The first-order valence-corrected chi connectivity index (χ1v) is 11.2. The van der Waals surface area contributed by atoms with E-state index >= 15 is 0 Å². The Bertz CT molecular complexity index is 696. The lowest BCUT2D eigenvalue weighted by Crippen LogP contribution is -2.59. The highest BCUT2D eigenvalue weighted by Gasteiger charge is 2.40. The van der Waals surface area contributed by atoms with E-state index in [1.54, 1.807) is 0 Å². The number of rotatable bonds is 4. The fraction of sp³-hybridized carbons (Fsp3) is 0.696. The van der Waals surface area contributed by atoms with Gasteiger partial charge in [0.1, 0.15) is 6.10 Å². The highest BCUT2D eigenvalue weighted by Crippen LogP contribution is 2.31. The minimum atomic E-state index is 0.0964. The molecule has 160 valence electrons.